The predicted octanol–water partition coefficient (Wildman–Crippen LogP) is 3.38. The van der Waals surface area contributed by atoms with Crippen molar-refractivity contribution >= 4 is 0 Å². The van der Waals surface area contributed by atoms with Crippen molar-refractivity contribution in [2.75, 3.05) is 7.11 Å². The zero-order valence-electron chi connectivity index (χ0n) is 14.4. The van der Waals surface area contributed by atoms with Gasteiger partial charge < -0.3 is 14.9 Å². The van der Waals surface area contributed by atoms with Gasteiger partial charge in [0.2, 0.25) is 0 Å². The Morgan fingerprint density at radius 1 is 1.42 bits per heavy atom. The van der Waals surface area contributed by atoms with Crippen molar-refractivity contribution in [2.24, 2.45) is 29.1 Å². The summed E-state index contributed by atoms with van der Waals surface area (Å²) in [7, 11) is 1.77. The van der Waals surface area contributed by atoms with Gasteiger partial charge in [0.1, 0.15) is 11.4 Å². The first kappa shape index (κ1) is 16.0. The fourth-order valence-electron chi connectivity index (χ4n) is 6.12. The molecule has 4 aliphatic carbocycles. The lowest BCUT2D eigenvalue weighted by Crippen LogP contribution is -2.56. The molecule has 0 spiro atoms. The van der Waals surface area contributed by atoms with Crippen molar-refractivity contribution in [2.45, 2.75) is 44.3 Å². The number of methoxy groups -OCH3 is 1. The molecule has 0 aromatic heterocycles. The van der Waals surface area contributed by atoms with Crippen LogP contribution in [0.25, 0.3) is 0 Å². The molecule has 128 valence electrons. The Balaban J connectivity index is 1.76. The first-order chi connectivity index (χ1) is 11.4. The molecule has 4 aliphatic rings. The molecule has 2 N–H and O–H groups in total. The summed E-state index contributed by atoms with van der Waals surface area (Å²) < 4.78 is 5.92. The van der Waals surface area contributed by atoms with Crippen LogP contribution in [0.5, 0.6) is 0 Å². The van der Waals surface area contributed by atoms with E-state index in [4.69, 9.17) is 11.2 Å². The van der Waals surface area contributed by atoms with E-state index in [2.05, 4.69) is 25.0 Å². The molecule has 0 aromatic carbocycles. The Labute approximate surface area is 144 Å². The van der Waals surface area contributed by atoms with Crippen molar-refractivity contribution in [3.8, 4) is 12.3 Å². The maximum Gasteiger partial charge on any atom is 0.130 e. The molecular formula is C21H26O3. The SMILES string of the molecule is C#C[C@]1(O)CC[C@H]2[C@@H]3CC=C4C=C(O)C=C[C@@H]4[C@H]3[C@@H](OC)C[C@@]21C. The van der Waals surface area contributed by atoms with Gasteiger partial charge in [0.15, 0.2) is 0 Å². The smallest absolute Gasteiger partial charge is 0.130 e. The highest BCUT2D eigenvalue weighted by Crippen LogP contribution is 2.64. The number of ether oxygens (including phenoxy) is 1. The van der Waals surface area contributed by atoms with E-state index >= 15 is 0 Å². The van der Waals surface area contributed by atoms with Crippen LogP contribution >= 0.6 is 0 Å². The lowest BCUT2D eigenvalue weighted by molar-refractivity contribution is -0.138. The van der Waals surface area contributed by atoms with E-state index < -0.39 is 5.60 Å². The molecule has 0 amide bonds. The van der Waals surface area contributed by atoms with Crippen molar-refractivity contribution < 1.29 is 14.9 Å². The zero-order valence-corrected chi connectivity index (χ0v) is 14.4. The van der Waals surface area contributed by atoms with E-state index in [0.717, 1.165) is 19.3 Å². The lowest BCUT2D eigenvalue weighted by atomic mass is 9.51. The normalized spacial score (nSPS) is 49.3. The minimum absolute atomic E-state index is 0.0706. The Morgan fingerprint density at radius 3 is 2.92 bits per heavy atom. The first-order valence-electron chi connectivity index (χ1n) is 8.95. The van der Waals surface area contributed by atoms with E-state index in [1.807, 2.05) is 6.08 Å². The summed E-state index contributed by atoms with van der Waals surface area (Å²) in [5.41, 5.74) is -0.109. The molecule has 0 radical (unpaired) electrons. The van der Waals surface area contributed by atoms with Crippen LogP contribution in [0.2, 0.25) is 0 Å². The van der Waals surface area contributed by atoms with Crippen molar-refractivity contribution in [3.05, 3.63) is 35.6 Å². The van der Waals surface area contributed by atoms with Crippen LogP contribution < -0.4 is 0 Å². The lowest BCUT2D eigenvalue weighted by Gasteiger charge is -2.56. The van der Waals surface area contributed by atoms with Crippen LogP contribution in [0.15, 0.2) is 35.6 Å². The summed E-state index contributed by atoms with van der Waals surface area (Å²) in [6.45, 7) is 2.16. The summed E-state index contributed by atoms with van der Waals surface area (Å²) >= 11 is 0. The molecule has 4 rings (SSSR count). The number of terminal acetylenes is 1. The minimum Gasteiger partial charge on any atom is -0.508 e. The number of allylic oxidation sites excluding steroid dienone is 5. The summed E-state index contributed by atoms with van der Waals surface area (Å²) in [5.74, 6) is 4.58. The number of aliphatic hydroxyl groups is 2. The zero-order chi connectivity index (χ0) is 17.1. The number of rotatable bonds is 1. The summed E-state index contributed by atoms with van der Waals surface area (Å²) in [6, 6.07) is 0. The van der Waals surface area contributed by atoms with Crippen LogP contribution in [0.1, 0.15) is 32.6 Å². The third-order valence-electron chi connectivity index (χ3n) is 7.40. The van der Waals surface area contributed by atoms with Gasteiger partial charge in [-0.25, -0.2) is 0 Å². The second kappa shape index (κ2) is 5.25. The Kier molecular flexibility index (Phi) is 3.50. The van der Waals surface area contributed by atoms with Gasteiger partial charge >= 0.3 is 0 Å². The molecule has 0 aliphatic heterocycles. The molecule has 24 heavy (non-hydrogen) atoms. The predicted molar refractivity (Wildman–Crippen MR) is 93.0 cm³/mol. The van der Waals surface area contributed by atoms with Crippen molar-refractivity contribution in [1.82, 2.24) is 0 Å². The average molecular weight is 326 g/mol. The molecule has 7 atom stereocenters. The maximum atomic E-state index is 11.1. The third kappa shape index (κ3) is 1.93. The first-order valence-corrected chi connectivity index (χ1v) is 8.95. The van der Waals surface area contributed by atoms with Crippen LogP contribution in [0.4, 0.5) is 0 Å². The molecule has 0 unspecified atom stereocenters. The Hall–Kier alpha value is -1.50. The Morgan fingerprint density at radius 2 is 2.21 bits per heavy atom. The quantitative estimate of drug-likeness (QED) is 0.726. The van der Waals surface area contributed by atoms with E-state index in [1.54, 1.807) is 13.2 Å². The standard InChI is InChI=1S/C21H26O3/c1-4-21(23)10-9-17-16-7-5-13-11-14(22)6-8-15(13)19(16)18(24-3)12-20(17,21)2/h1,5-6,8,11,15-19,22-23H,7,9-10,12H2,2-3H3/t15-,16-,17-,18-,19+,20-,21-/m0/s1. The summed E-state index contributed by atoms with van der Waals surface area (Å²) in [5, 5.41) is 20.9. The van der Waals surface area contributed by atoms with E-state index in [1.165, 1.54) is 5.57 Å². The van der Waals surface area contributed by atoms with Crippen LogP contribution in [-0.4, -0.2) is 29.0 Å². The van der Waals surface area contributed by atoms with E-state index in [0.29, 0.717) is 29.9 Å². The van der Waals surface area contributed by atoms with Gasteiger partial charge in [0.05, 0.1) is 6.10 Å². The van der Waals surface area contributed by atoms with Gasteiger partial charge in [0.25, 0.3) is 0 Å². The Bertz CT molecular complexity index is 682. The number of aliphatic hydroxyl groups excluding tert-OH is 1. The fraction of sp³-hybridized carbons (Fsp3) is 0.619. The highest BCUT2D eigenvalue weighted by molar-refractivity contribution is 5.39. The molecule has 2 fully saturated rings. The molecule has 2 saturated carbocycles. The van der Waals surface area contributed by atoms with Crippen molar-refractivity contribution in [3.63, 3.8) is 0 Å². The second-order valence-corrected chi connectivity index (χ2v) is 8.18. The van der Waals surface area contributed by atoms with Crippen LogP contribution in [0.3, 0.4) is 0 Å². The summed E-state index contributed by atoms with van der Waals surface area (Å²) in [6.07, 6.45) is 17.3. The van der Waals surface area contributed by atoms with Crippen LogP contribution in [0, 0.1) is 41.4 Å². The molecule has 0 heterocycles. The molecule has 3 heteroatoms. The molecule has 0 saturated heterocycles. The topological polar surface area (TPSA) is 49.7 Å². The number of hydrogen-bond donors (Lipinski definition) is 2. The highest BCUT2D eigenvalue weighted by Gasteiger charge is 2.64. The van der Waals surface area contributed by atoms with Gasteiger partial charge in [-0.05, 0) is 61.2 Å². The van der Waals surface area contributed by atoms with Gasteiger partial charge in [-0.3, -0.25) is 0 Å². The number of fused-ring (bicyclic) bond motifs is 5. The average Bonchev–Trinajstić information content (AvgIpc) is 2.85. The third-order valence-corrected chi connectivity index (χ3v) is 7.40. The maximum absolute atomic E-state index is 11.1. The molecule has 3 nitrogen and oxygen atoms in total. The summed E-state index contributed by atoms with van der Waals surface area (Å²) in [4.78, 5) is 0. The minimum atomic E-state index is -1.02. The van der Waals surface area contributed by atoms with Gasteiger partial charge in [0, 0.05) is 18.4 Å². The monoisotopic (exact) mass is 326 g/mol. The van der Waals surface area contributed by atoms with Gasteiger partial charge in [-0.2, -0.15) is 0 Å². The largest absolute Gasteiger partial charge is 0.508 e. The van der Waals surface area contributed by atoms with E-state index in [9.17, 15) is 10.2 Å². The van der Waals surface area contributed by atoms with Crippen LogP contribution in [-0.2, 0) is 4.74 Å². The molecule has 0 bridgehead atoms. The molecule has 0 aromatic rings. The number of hydrogen-bond acceptors (Lipinski definition) is 3. The van der Waals surface area contributed by atoms with Gasteiger partial charge in [-0.15, -0.1) is 6.42 Å². The van der Waals surface area contributed by atoms with E-state index in [-0.39, 0.29) is 17.4 Å². The second-order valence-electron chi connectivity index (χ2n) is 8.18. The fourth-order valence-corrected chi connectivity index (χ4v) is 6.12. The van der Waals surface area contributed by atoms with Gasteiger partial charge in [-0.1, -0.05) is 25.0 Å². The van der Waals surface area contributed by atoms with Crippen molar-refractivity contribution in [1.29, 1.82) is 0 Å². The highest BCUT2D eigenvalue weighted by atomic mass is 16.5. The molecular weight excluding hydrogens is 300 g/mol.